The van der Waals surface area contributed by atoms with Gasteiger partial charge in [-0.15, -0.1) is 0 Å². The molecule has 17 heavy (non-hydrogen) atoms. The third-order valence-corrected chi connectivity index (χ3v) is 2.82. The molecule has 0 atom stereocenters. The number of halogens is 3. The van der Waals surface area contributed by atoms with E-state index in [4.69, 9.17) is 5.73 Å². The number of rotatable bonds is 4. The predicted octanol–water partition coefficient (Wildman–Crippen LogP) is 1.96. The molecule has 0 aliphatic rings. The number of esters is 1. The Balaban J connectivity index is 3.19. The highest BCUT2D eigenvalue weighted by molar-refractivity contribution is 9.10. The van der Waals surface area contributed by atoms with Crippen molar-refractivity contribution < 1.29 is 18.3 Å². The van der Waals surface area contributed by atoms with Gasteiger partial charge >= 0.3 is 5.97 Å². The predicted molar refractivity (Wildman–Crippen MR) is 60.5 cm³/mol. The van der Waals surface area contributed by atoms with E-state index in [1.807, 2.05) is 0 Å². The van der Waals surface area contributed by atoms with E-state index in [1.165, 1.54) is 13.2 Å². The van der Waals surface area contributed by atoms with Gasteiger partial charge in [0.1, 0.15) is 0 Å². The molecule has 0 spiro atoms. The molecule has 0 aliphatic carbocycles. The lowest BCUT2D eigenvalue weighted by Gasteiger charge is -2.10. The molecule has 0 aliphatic heterocycles. The first-order chi connectivity index (χ1) is 7.99. The molecule has 2 N–H and O–H groups in total. The van der Waals surface area contributed by atoms with Crippen molar-refractivity contribution in [3.8, 4) is 0 Å². The second kappa shape index (κ2) is 6.02. The summed E-state index contributed by atoms with van der Waals surface area (Å²) in [6.07, 6.45) is -3.00. The summed E-state index contributed by atoms with van der Waals surface area (Å²) < 4.78 is 30.3. The van der Waals surface area contributed by atoms with E-state index < -0.39 is 12.4 Å². The molecule has 1 heterocycles. The molecule has 7 heteroatoms. The molecule has 1 aromatic heterocycles. The number of carbonyl (C=O) groups is 1. The summed E-state index contributed by atoms with van der Waals surface area (Å²) in [5, 5.41) is 0. The van der Waals surface area contributed by atoms with Gasteiger partial charge in [0.15, 0.2) is 0 Å². The second-order valence-electron chi connectivity index (χ2n) is 3.21. The molecular weight excluding hydrogens is 298 g/mol. The summed E-state index contributed by atoms with van der Waals surface area (Å²) in [6.45, 7) is 0.0955. The number of nitrogens with zero attached hydrogens (tertiary/aromatic N) is 1. The lowest BCUT2D eigenvalue weighted by molar-refractivity contribution is -0.139. The van der Waals surface area contributed by atoms with Crippen LogP contribution < -0.4 is 5.73 Å². The Bertz CT molecular complexity index is 427. The zero-order chi connectivity index (χ0) is 13.0. The first-order valence-electron chi connectivity index (χ1n) is 4.72. The zero-order valence-corrected chi connectivity index (χ0v) is 10.6. The van der Waals surface area contributed by atoms with Gasteiger partial charge in [0.05, 0.1) is 24.9 Å². The molecule has 0 aromatic carbocycles. The van der Waals surface area contributed by atoms with Crippen LogP contribution in [0.3, 0.4) is 0 Å². The van der Waals surface area contributed by atoms with Gasteiger partial charge in [-0.2, -0.15) is 0 Å². The fraction of sp³-hybridized carbons (Fsp3) is 0.400. The largest absolute Gasteiger partial charge is 0.469 e. The van der Waals surface area contributed by atoms with Gasteiger partial charge in [-0.3, -0.25) is 9.78 Å². The van der Waals surface area contributed by atoms with E-state index >= 15 is 0 Å². The van der Waals surface area contributed by atoms with E-state index in [0.29, 0.717) is 10.2 Å². The Hall–Kier alpha value is -1.08. The summed E-state index contributed by atoms with van der Waals surface area (Å²) in [5.41, 5.74) is 5.54. The van der Waals surface area contributed by atoms with E-state index in [-0.39, 0.29) is 24.2 Å². The number of carbonyl (C=O) groups excluding carboxylic acids is 1. The number of methoxy groups -OCH3 is 1. The lowest BCUT2D eigenvalue weighted by atomic mass is 10.1. The highest BCUT2D eigenvalue weighted by Crippen LogP contribution is 2.27. The Morgan fingerprint density at radius 1 is 1.59 bits per heavy atom. The SMILES string of the molecule is COC(=O)Cc1nc(CN)c(Br)cc1C(F)F. The first-order valence-corrected chi connectivity index (χ1v) is 5.52. The van der Waals surface area contributed by atoms with Gasteiger partial charge in [-0.05, 0) is 22.0 Å². The summed E-state index contributed by atoms with van der Waals surface area (Å²) in [6, 6.07) is 1.23. The standard InChI is InChI=1S/C10H11BrF2N2O2/c1-17-9(16)3-7-5(10(12)13)2-6(11)8(4-14)15-7/h2,10H,3-4,14H2,1H3. The number of pyridine rings is 1. The zero-order valence-electron chi connectivity index (χ0n) is 9.04. The molecular formula is C10H11BrF2N2O2. The molecule has 94 valence electrons. The minimum absolute atomic E-state index is 0.00417. The van der Waals surface area contributed by atoms with Crippen LogP contribution in [0.1, 0.15) is 23.4 Å². The van der Waals surface area contributed by atoms with Crippen molar-refractivity contribution in [2.24, 2.45) is 5.73 Å². The van der Waals surface area contributed by atoms with Gasteiger partial charge in [0.25, 0.3) is 6.43 Å². The minimum Gasteiger partial charge on any atom is -0.469 e. The van der Waals surface area contributed by atoms with Gasteiger partial charge in [-0.1, -0.05) is 0 Å². The van der Waals surface area contributed by atoms with Crippen molar-refractivity contribution in [2.45, 2.75) is 19.4 Å². The van der Waals surface area contributed by atoms with Crippen molar-refractivity contribution in [1.29, 1.82) is 0 Å². The molecule has 0 amide bonds. The van der Waals surface area contributed by atoms with Gasteiger partial charge in [0, 0.05) is 16.6 Å². The van der Waals surface area contributed by atoms with Crippen LogP contribution >= 0.6 is 15.9 Å². The number of ether oxygens (including phenoxy) is 1. The molecule has 1 aromatic rings. The summed E-state index contributed by atoms with van der Waals surface area (Å²) in [7, 11) is 1.19. The van der Waals surface area contributed by atoms with E-state index in [0.717, 1.165) is 0 Å². The highest BCUT2D eigenvalue weighted by Gasteiger charge is 2.19. The fourth-order valence-corrected chi connectivity index (χ4v) is 1.76. The van der Waals surface area contributed by atoms with Crippen LogP contribution in [0.4, 0.5) is 8.78 Å². The molecule has 4 nitrogen and oxygen atoms in total. The smallest absolute Gasteiger partial charge is 0.311 e. The lowest BCUT2D eigenvalue weighted by Crippen LogP contribution is -2.12. The van der Waals surface area contributed by atoms with Crippen LogP contribution in [0.15, 0.2) is 10.5 Å². The number of aromatic nitrogens is 1. The van der Waals surface area contributed by atoms with Crippen molar-refractivity contribution in [3.05, 3.63) is 27.5 Å². The van der Waals surface area contributed by atoms with Crippen LogP contribution in [0.5, 0.6) is 0 Å². The van der Waals surface area contributed by atoms with Crippen molar-refractivity contribution >= 4 is 21.9 Å². The fourth-order valence-electron chi connectivity index (χ4n) is 1.27. The van der Waals surface area contributed by atoms with Gasteiger partial charge in [-0.25, -0.2) is 8.78 Å². The van der Waals surface area contributed by atoms with E-state index in [2.05, 4.69) is 25.7 Å². The van der Waals surface area contributed by atoms with Gasteiger partial charge in [0.2, 0.25) is 0 Å². The Kier molecular flexibility index (Phi) is 4.95. The van der Waals surface area contributed by atoms with Crippen molar-refractivity contribution in [2.75, 3.05) is 7.11 Å². The molecule has 0 radical (unpaired) electrons. The second-order valence-corrected chi connectivity index (χ2v) is 4.06. The molecule has 0 saturated heterocycles. The number of alkyl halides is 2. The van der Waals surface area contributed by atoms with Crippen molar-refractivity contribution in [3.63, 3.8) is 0 Å². The van der Waals surface area contributed by atoms with Crippen LogP contribution in [0, 0.1) is 0 Å². The first kappa shape index (κ1) is 14.0. The normalized spacial score (nSPS) is 10.7. The molecule has 0 unspecified atom stereocenters. The topological polar surface area (TPSA) is 65.2 Å². The Morgan fingerprint density at radius 2 is 2.24 bits per heavy atom. The maximum Gasteiger partial charge on any atom is 0.311 e. The van der Waals surface area contributed by atoms with E-state index in [9.17, 15) is 13.6 Å². The average molecular weight is 309 g/mol. The van der Waals surface area contributed by atoms with Crippen LogP contribution in [0.25, 0.3) is 0 Å². The summed E-state index contributed by atoms with van der Waals surface area (Å²) in [5.74, 6) is -0.621. The Labute approximate surface area is 105 Å². The third kappa shape index (κ3) is 3.44. The maximum absolute atomic E-state index is 12.8. The summed E-state index contributed by atoms with van der Waals surface area (Å²) in [4.78, 5) is 15.0. The molecule has 0 bridgehead atoms. The van der Waals surface area contributed by atoms with Gasteiger partial charge < -0.3 is 10.5 Å². The highest BCUT2D eigenvalue weighted by atomic mass is 79.9. The van der Waals surface area contributed by atoms with E-state index in [1.54, 1.807) is 0 Å². The number of nitrogens with two attached hydrogens (primary N) is 1. The number of hydrogen-bond donors (Lipinski definition) is 1. The summed E-state index contributed by atoms with van der Waals surface area (Å²) >= 11 is 3.10. The Morgan fingerprint density at radius 3 is 2.71 bits per heavy atom. The van der Waals surface area contributed by atoms with Crippen LogP contribution in [-0.2, 0) is 22.5 Å². The minimum atomic E-state index is -2.70. The quantitative estimate of drug-likeness (QED) is 0.864. The average Bonchev–Trinajstić information content (AvgIpc) is 2.30. The molecule has 0 saturated carbocycles. The molecule has 0 fully saturated rings. The molecule has 1 rings (SSSR count). The van der Waals surface area contributed by atoms with Crippen molar-refractivity contribution in [1.82, 2.24) is 4.98 Å². The van der Waals surface area contributed by atoms with Crippen LogP contribution in [-0.4, -0.2) is 18.1 Å². The maximum atomic E-state index is 12.8. The third-order valence-electron chi connectivity index (χ3n) is 2.13. The monoisotopic (exact) mass is 308 g/mol. The van der Waals surface area contributed by atoms with Crippen LogP contribution in [0.2, 0.25) is 0 Å². The number of hydrogen-bond acceptors (Lipinski definition) is 4.